The lowest BCUT2D eigenvalue weighted by atomic mass is 9.86. The summed E-state index contributed by atoms with van der Waals surface area (Å²) in [6.07, 6.45) is 3.54. The molecule has 1 aliphatic rings. The first kappa shape index (κ1) is 14.7. The van der Waals surface area contributed by atoms with Gasteiger partial charge >= 0.3 is 0 Å². The number of para-hydroxylation sites is 1. The van der Waals surface area contributed by atoms with Crippen LogP contribution in [-0.4, -0.2) is 26.2 Å². The van der Waals surface area contributed by atoms with Gasteiger partial charge in [0.1, 0.15) is 5.75 Å². The molecule has 0 aliphatic carbocycles. The smallest absolute Gasteiger partial charge is 0.236 e. The minimum absolute atomic E-state index is 0.133. The van der Waals surface area contributed by atoms with Gasteiger partial charge in [-0.2, -0.15) is 5.10 Å². The standard InChI is InChI=1S/C20H14N4O2/c25-12-7-5-11(6-8-12)17-15-9-21-19-18(15)14(10-22-24-19)13-3-1-2-4-16(13)23-20(17)26/h1-10,17,25H,(H,21,24)(H,23,26). The van der Waals surface area contributed by atoms with Crippen LogP contribution in [0, 0.1) is 0 Å². The number of benzene rings is 2. The van der Waals surface area contributed by atoms with Crippen molar-refractivity contribution in [1.82, 2.24) is 15.2 Å². The van der Waals surface area contributed by atoms with Crippen molar-refractivity contribution >= 4 is 22.6 Å². The lowest BCUT2D eigenvalue weighted by Gasteiger charge is -2.22. The van der Waals surface area contributed by atoms with Crippen molar-refractivity contribution in [3.8, 4) is 16.9 Å². The fraction of sp³-hybridized carbons (Fsp3) is 0.0500. The van der Waals surface area contributed by atoms with Crippen molar-refractivity contribution in [2.45, 2.75) is 5.92 Å². The number of amides is 1. The minimum atomic E-state index is -0.527. The van der Waals surface area contributed by atoms with E-state index in [0.717, 1.165) is 33.3 Å². The molecule has 1 atom stereocenters. The molecule has 3 heterocycles. The lowest BCUT2D eigenvalue weighted by molar-refractivity contribution is -0.116. The van der Waals surface area contributed by atoms with Gasteiger partial charge < -0.3 is 15.4 Å². The zero-order chi connectivity index (χ0) is 17.7. The second kappa shape index (κ2) is 5.42. The first-order valence-electron chi connectivity index (χ1n) is 8.24. The van der Waals surface area contributed by atoms with Crippen molar-refractivity contribution in [2.75, 3.05) is 5.32 Å². The Morgan fingerprint density at radius 3 is 2.65 bits per heavy atom. The van der Waals surface area contributed by atoms with Gasteiger partial charge in [-0.25, -0.2) is 0 Å². The van der Waals surface area contributed by atoms with Crippen LogP contribution in [0.3, 0.4) is 0 Å². The number of carbonyl (C=O) groups is 1. The topological polar surface area (TPSA) is 90.9 Å². The third kappa shape index (κ3) is 2.09. The number of fused-ring (bicyclic) bond motifs is 2. The Morgan fingerprint density at radius 1 is 1.00 bits per heavy atom. The predicted octanol–water partition coefficient (Wildman–Crippen LogP) is 3.41. The summed E-state index contributed by atoms with van der Waals surface area (Å²) in [5, 5.41) is 21.8. The Morgan fingerprint density at radius 2 is 1.81 bits per heavy atom. The third-order valence-electron chi connectivity index (χ3n) is 4.78. The van der Waals surface area contributed by atoms with E-state index in [4.69, 9.17) is 0 Å². The molecular weight excluding hydrogens is 328 g/mol. The molecule has 2 aromatic heterocycles. The Labute approximate surface area is 148 Å². The molecule has 5 rings (SSSR count). The Bertz CT molecular complexity index is 1150. The van der Waals surface area contributed by atoms with Gasteiger partial charge in [-0.1, -0.05) is 30.3 Å². The van der Waals surface area contributed by atoms with E-state index in [1.165, 1.54) is 0 Å². The summed E-state index contributed by atoms with van der Waals surface area (Å²) < 4.78 is 0. The van der Waals surface area contributed by atoms with E-state index >= 15 is 0 Å². The maximum atomic E-state index is 13.1. The molecule has 0 spiro atoms. The number of aromatic amines is 1. The molecule has 6 heteroatoms. The van der Waals surface area contributed by atoms with Gasteiger partial charge in [-0.05, 0) is 29.3 Å². The maximum absolute atomic E-state index is 13.1. The van der Waals surface area contributed by atoms with Gasteiger partial charge in [0.25, 0.3) is 0 Å². The molecule has 0 fully saturated rings. The number of aromatic hydroxyl groups is 1. The molecule has 0 radical (unpaired) electrons. The average Bonchev–Trinajstić information content (AvgIpc) is 3.07. The molecular formula is C20H14N4O2. The van der Waals surface area contributed by atoms with Crippen LogP contribution in [0.1, 0.15) is 17.0 Å². The van der Waals surface area contributed by atoms with Crippen LogP contribution in [-0.2, 0) is 4.79 Å². The van der Waals surface area contributed by atoms with Gasteiger partial charge in [-0.15, -0.1) is 5.10 Å². The highest BCUT2D eigenvalue weighted by molar-refractivity contribution is 6.09. The predicted molar refractivity (Wildman–Crippen MR) is 97.9 cm³/mol. The summed E-state index contributed by atoms with van der Waals surface area (Å²) in [6.45, 7) is 0. The maximum Gasteiger partial charge on any atom is 0.236 e. The molecule has 0 saturated heterocycles. The fourth-order valence-corrected chi connectivity index (χ4v) is 3.60. The minimum Gasteiger partial charge on any atom is -0.508 e. The fourth-order valence-electron chi connectivity index (χ4n) is 3.60. The molecule has 1 aliphatic heterocycles. The van der Waals surface area contributed by atoms with Crippen molar-refractivity contribution in [2.24, 2.45) is 0 Å². The molecule has 6 nitrogen and oxygen atoms in total. The summed E-state index contributed by atoms with van der Waals surface area (Å²) in [6, 6.07) is 14.4. The van der Waals surface area contributed by atoms with Crippen molar-refractivity contribution in [1.29, 1.82) is 0 Å². The highest BCUT2D eigenvalue weighted by Gasteiger charge is 2.30. The van der Waals surface area contributed by atoms with Gasteiger partial charge in [-0.3, -0.25) is 4.79 Å². The SMILES string of the molecule is O=C1Nc2ccccc2-c2cnnc3[nH]cc(c23)C1c1ccc(O)cc1. The number of rotatable bonds is 1. The number of anilines is 1. The zero-order valence-corrected chi connectivity index (χ0v) is 13.6. The van der Waals surface area contributed by atoms with E-state index in [9.17, 15) is 9.90 Å². The number of hydrogen-bond acceptors (Lipinski definition) is 4. The van der Waals surface area contributed by atoms with Crippen LogP contribution < -0.4 is 5.32 Å². The van der Waals surface area contributed by atoms with Gasteiger partial charge in [0.15, 0.2) is 5.65 Å². The van der Waals surface area contributed by atoms with Crippen LogP contribution >= 0.6 is 0 Å². The van der Waals surface area contributed by atoms with Gasteiger partial charge in [0.05, 0.1) is 12.1 Å². The first-order valence-corrected chi connectivity index (χ1v) is 8.24. The second-order valence-corrected chi connectivity index (χ2v) is 6.29. The number of carbonyl (C=O) groups excluding carboxylic acids is 1. The number of aromatic nitrogens is 3. The van der Waals surface area contributed by atoms with E-state index in [-0.39, 0.29) is 11.7 Å². The van der Waals surface area contributed by atoms with Crippen molar-refractivity contribution < 1.29 is 9.90 Å². The Hall–Kier alpha value is -3.67. The molecule has 1 unspecified atom stereocenters. The first-order chi connectivity index (χ1) is 12.7. The van der Waals surface area contributed by atoms with E-state index in [0.29, 0.717) is 5.65 Å². The number of phenolic OH excluding ortho intramolecular Hbond substituents is 1. The molecule has 0 bridgehead atoms. The number of nitrogens with zero attached hydrogens (tertiary/aromatic N) is 2. The van der Waals surface area contributed by atoms with E-state index < -0.39 is 5.92 Å². The highest BCUT2D eigenvalue weighted by atomic mass is 16.3. The van der Waals surface area contributed by atoms with Crippen LogP contribution in [0.4, 0.5) is 5.69 Å². The second-order valence-electron chi connectivity index (χ2n) is 6.29. The summed E-state index contributed by atoms with van der Waals surface area (Å²) in [5.41, 5.74) is 4.84. The molecule has 3 N–H and O–H groups in total. The van der Waals surface area contributed by atoms with E-state index in [1.54, 1.807) is 30.5 Å². The largest absolute Gasteiger partial charge is 0.508 e. The van der Waals surface area contributed by atoms with Gasteiger partial charge in [0.2, 0.25) is 5.91 Å². The Kier molecular flexibility index (Phi) is 3.05. The summed E-state index contributed by atoms with van der Waals surface area (Å²) >= 11 is 0. The molecule has 0 saturated carbocycles. The van der Waals surface area contributed by atoms with Crippen molar-refractivity contribution in [3.05, 3.63) is 72.1 Å². The molecule has 4 aromatic rings. The summed E-state index contributed by atoms with van der Waals surface area (Å²) in [5.74, 6) is -0.497. The van der Waals surface area contributed by atoms with E-state index in [1.807, 2.05) is 30.5 Å². The molecule has 2 aromatic carbocycles. The number of H-pyrrole nitrogens is 1. The summed E-state index contributed by atoms with van der Waals surface area (Å²) in [7, 11) is 0. The van der Waals surface area contributed by atoms with Crippen LogP contribution in [0.2, 0.25) is 0 Å². The quantitative estimate of drug-likeness (QED) is 0.494. The van der Waals surface area contributed by atoms with Crippen LogP contribution in [0.15, 0.2) is 60.9 Å². The number of phenols is 1. The van der Waals surface area contributed by atoms with E-state index in [2.05, 4.69) is 20.5 Å². The molecule has 126 valence electrons. The number of nitrogens with one attached hydrogen (secondary N) is 2. The third-order valence-corrected chi connectivity index (χ3v) is 4.78. The van der Waals surface area contributed by atoms with Crippen LogP contribution in [0.25, 0.3) is 22.2 Å². The van der Waals surface area contributed by atoms with Crippen LogP contribution in [0.5, 0.6) is 5.75 Å². The van der Waals surface area contributed by atoms with Gasteiger partial charge in [0, 0.05) is 28.4 Å². The highest BCUT2D eigenvalue weighted by Crippen LogP contribution is 2.41. The monoisotopic (exact) mass is 342 g/mol. The lowest BCUT2D eigenvalue weighted by Crippen LogP contribution is -2.23. The van der Waals surface area contributed by atoms with Crippen molar-refractivity contribution in [3.63, 3.8) is 0 Å². The molecule has 1 amide bonds. The average molecular weight is 342 g/mol. The number of hydrogen-bond donors (Lipinski definition) is 3. The Balaban J connectivity index is 1.85. The summed E-state index contributed by atoms with van der Waals surface area (Å²) in [4.78, 5) is 16.3. The zero-order valence-electron chi connectivity index (χ0n) is 13.6. The molecule has 26 heavy (non-hydrogen) atoms. The normalized spacial score (nSPS) is 15.8.